The van der Waals surface area contributed by atoms with Crippen LogP contribution < -0.4 is 5.73 Å². The highest BCUT2D eigenvalue weighted by atomic mass is 16.6. The molecule has 0 aromatic carbocycles. The van der Waals surface area contributed by atoms with E-state index in [0.29, 0.717) is 6.54 Å². The van der Waals surface area contributed by atoms with Gasteiger partial charge in [0.05, 0.1) is 0 Å². The van der Waals surface area contributed by atoms with E-state index in [1.807, 2.05) is 6.92 Å². The molecule has 1 amide bonds. The second-order valence-corrected chi connectivity index (χ2v) is 4.65. The molecule has 2 rings (SSSR count). The molecule has 98 valence electrons. The Kier molecular flexibility index (Phi) is 3.33. The number of nitrogens with zero attached hydrogens (tertiary/aromatic N) is 2. The number of likely N-dealkylation sites (tertiary alicyclic amines) is 1. The van der Waals surface area contributed by atoms with Crippen molar-refractivity contribution in [1.82, 2.24) is 9.88 Å². The minimum absolute atomic E-state index is 0.0589. The molecule has 0 aliphatic carbocycles. The van der Waals surface area contributed by atoms with Crippen LogP contribution in [0.3, 0.4) is 0 Å². The van der Waals surface area contributed by atoms with Gasteiger partial charge in [-0.3, -0.25) is 4.79 Å². The fraction of sp³-hybridized carbons (Fsp3) is 0.545. The van der Waals surface area contributed by atoms with Gasteiger partial charge in [-0.25, -0.2) is 4.98 Å². The van der Waals surface area contributed by atoms with Gasteiger partial charge in [0.2, 0.25) is 0 Å². The van der Waals surface area contributed by atoms with Crippen LogP contribution in [0.1, 0.15) is 30.3 Å². The zero-order valence-electron chi connectivity index (χ0n) is 10.1. The van der Waals surface area contributed by atoms with Crippen molar-refractivity contribution in [2.24, 2.45) is 5.73 Å². The highest BCUT2D eigenvalue weighted by Gasteiger charge is 2.30. The van der Waals surface area contributed by atoms with Crippen molar-refractivity contribution in [2.45, 2.75) is 31.8 Å². The van der Waals surface area contributed by atoms with Crippen LogP contribution in [-0.2, 0) is 0 Å². The molecule has 0 bridgehead atoms. The highest BCUT2D eigenvalue weighted by molar-refractivity contribution is 5.93. The topological polar surface area (TPSA) is 105 Å². The van der Waals surface area contributed by atoms with Crippen molar-refractivity contribution in [3.63, 3.8) is 0 Å². The molecule has 1 aliphatic rings. The van der Waals surface area contributed by atoms with Crippen LogP contribution >= 0.6 is 0 Å². The van der Waals surface area contributed by atoms with Gasteiger partial charge in [0, 0.05) is 24.7 Å². The Hall–Kier alpha value is -1.89. The summed E-state index contributed by atoms with van der Waals surface area (Å²) >= 11 is 0. The number of H-pyrrole nitrogens is 1. The maximum atomic E-state index is 12.2. The fourth-order valence-corrected chi connectivity index (χ4v) is 2.28. The summed E-state index contributed by atoms with van der Waals surface area (Å²) in [5.74, 6) is -0.373. The molecule has 7 heteroatoms. The lowest BCUT2D eigenvalue weighted by Crippen LogP contribution is -2.48. The van der Waals surface area contributed by atoms with E-state index < -0.39 is 4.92 Å². The van der Waals surface area contributed by atoms with Crippen LogP contribution in [-0.4, -0.2) is 39.3 Å². The van der Waals surface area contributed by atoms with Crippen molar-refractivity contribution >= 4 is 11.7 Å². The molecule has 1 saturated heterocycles. The summed E-state index contributed by atoms with van der Waals surface area (Å²) < 4.78 is 0. The molecule has 7 nitrogen and oxygen atoms in total. The second-order valence-electron chi connectivity index (χ2n) is 4.65. The Balaban J connectivity index is 2.13. The number of amides is 1. The number of nitrogens with one attached hydrogen (secondary N) is 1. The first kappa shape index (κ1) is 12.6. The molecule has 18 heavy (non-hydrogen) atoms. The molecule has 2 unspecified atom stereocenters. The summed E-state index contributed by atoms with van der Waals surface area (Å²) in [7, 11) is 0. The van der Waals surface area contributed by atoms with Crippen LogP contribution in [0, 0.1) is 10.1 Å². The number of hydrogen-bond acceptors (Lipinski definition) is 4. The summed E-state index contributed by atoms with van der Waals surface area (Å²) in [4.78, 5) is 26.4. The number of carbonyl (C=O) groups excluding carboxylic acids is 1. The first-order valence-electron chi connectivity index (χ1n) is 5.89. The van der Waals surface area contributed by atoms with Crippen molar-refractivity contribution in [3.05, 3.63) is 27.9 Å². The fourth-order valence-electron chi connectivity index (χ4n) is 2.28. The predicted molar refractivity (Wildman–Crippen MR) is 65.2 cm³/mol. The number of hydrogen-bond donors (Lipinski definition) is 2. The van der Waals surface area contributed by atoms with Crippen LogP contribution in [0.15, 0.2) is 12.1 Å². The van der Waals surface area contributed by atoms with Gasteiger partial charge in [0.25, 0.3) is 5.91 Å². The summed E-state index contributed by atoms with van der Waals surface area (Å²) in [5, 5.41) is 10.6. The van der Waals surface area contributed by atoms with E-state index in [-0.39, 0.29) is 29.5 Å². The Bertz CT molecular complexity index is 471. The minimum atomic E-state index is -0.549. The Morgan fingerprint density at radius 1 is 1.61 bits per heavy atom. The van der Waals surface area contributed by atoms with Crippen LogP contribution in [0.4, 0.5) is 5.82 Å². The minimum Gasteiger partial charge on any atom is -0.358 e. The number of carbonyl (C=O) groups is 1. The van der Waals surface area contributed by atoms with Gasteiger partial charge in [0.1, 0.15) is 0 Å². The van der Waals surface area contributed by atoms with Crippen LogP contribution in [0.25, 0.3) is 0 Å². The molecule has 0 radical (unpaired) electrons. The molecule has 3 N–H and O–H groups in total. The van der Waals surface area contributed by atoms with Crippen LogP contribution in [0.5, 0.6) is 0 Å². The average molecular weight is 252 g/mol. The Labute approximate surface area is 104 Å². The molecule has 1 aromatic heterocycles. The van der Waals surface area contributed by atoms with Gasteiger partial charge in [-0.05, 0) is 30.8 Å². The highest BCUT2D eigenvalue weighted by Crippen LogP contribution is 2.19. The SMILES string of the molecule is CC1CC(N)CCN1C(=O)c1ccc([N+](=O)[O-])[nH]1. The quantitative estimate of drug-likeness (QED) is 0.601. The van der Waals surface area contributed by atoms with Gasteiger partial charge in [-0.15, -0.1) is 0 Å². The van der Waals surface area contributed by atoms with E-state index in [9.17, 15) is 14.9 Å². The monoisotopic (exact) mass is 252 g/mol. The number of rotatable bonds is 2. The lowest BCUT2D eigenvalue weighted by molar-refractivity contribution is -0.389. The van der Waals surface area contributed by atoms with E-state index in [1.165, 1.54) is 12.1 Å². The largest absolute Gasteiger partial charge is 0.358 e. The van der Waals surface area contributed by atoms with Gasteiger partial charge >= 0.3 is 5.82 Å². The Morgan fingerprint density at radius 3 is 2.89 bits per heavy atom. The molecule has 0 saturated carbocycles. The van der Waals surface area contributed by atoms with Crippen molar-refractivity contribution in [2.75, 3.05) is 6.54 Å². The lowest BCUT2D eigenvalue weighted by atomic mass is 9.99. The van der Waals surface area contributed by atoms with Gasteiger partial charge in [0.15, 0.2) is 5.69 Å². The maximum Gasteiger partial charge on any atom is 0.321 e. The molecular formula is C11H16N4O3. The second kappa shape index (κ2) is 4.77. The van der Waals surface area contributed by atoms with Gasteiger partial charge in [-0.1, -0.05) is 0 Å². The molecule has 0 spiro atoms. The summed E-state index contributed by atoms with van der Waals surface area (Å²) in [5.41, 5.74) is 6.09. The first-order valence-corrected chi connectivity index (χ1v) is 5.89. The third-order valence-corrected chi connectivity index (χ3v) is 3.28. The molecular weight excluding hydrogens is 236 g/mol. The molecule has 1 fully saturated rings. The third kappa shape index (κ3) is 2.35. The van der Waals surface area contributed by atoms with Gasteiger partial charge in [-0.2, -0.15) is 0 Å². The van der Waals surface area contributed by atoms with E-state index in [1.54, 1.807) is 4.90 Å². The summed E-state index contributed by atoms with van der Waals surface area (Å²) in [6.45, 7) is 2.53. The zero-order valence-corrected chi connectivity index (χ0v) is 10.1. The van der Waals surface area contributed by atoms with Gasteiger partial charge < -0.3 is 20.7 Å². The van der Waals surface area contributed by atoms with Crippen LogP contribution in [0.2, 0.25) is 0 Å². The zero-order chi connectivity index (χ0) is 13.3. The Morgan fingerprint density at radius 2 is 2.33 bits per heavy atom. The normalized spacial score (nSPS) is 24.0. The number of nitrogens with two attached hydrogens (primary N) is 1. The summed E-state index contributed by atoms with van der Waals surface area (Å²) in [6.07, 6.45) is 1.52. The smallest absolute Gasteiger partial charge is 0.321 e. The van der Waals surface area contributed by atoms with E-state index in [0.717, 1.165) is 12.8 Å². The first-order chi connectivity index (χ1) is 8.49. The number of aromatic nitrogens is 1. The average Bonchev–Trinajstić information content (AvgIpc) is 2.77. The van der Waals surface area contributed by atoms with Crippen molar-refractivity contribution in [3.8, 4) is 0 Å². The number of piperidine rings is 1. The number of nitro groups is 1. The molecule has 2 atom stereocenters. The number of aromatic amines is 1. The maximum absolute atomic E-state index is 12.2. The van der Waals surface area contributed by atoms with E-state index >= 15 is 0 Å². The molecule has 1 aliphatic heterocycles. The standard InChI is InChI=1S/C11H16N4O3/c1-7-6-8(12)4-5-14(7)11(16)9-2-3-10(13-9)15(17)18/h2-3,7-8,13H,4-6,12H2,1H3. The van der Waals surface area contributed by atoms with E-state index in [2.05, 4.69) is 4.98 Å². The van der Waals surface area contributed by atoms with Crippen molar-refractivity contribution < 1.29 is 9.72 Å². The predicted octanol–water partition coefficient (Wildman–Crippen LogP) is 0.875. The molecule has 1 aromatic rings. The lowest BCUT2D eigenvalue weighted by Gasteiger charge is -2.35. The van der Waals surface area contributed by atoms with Crippen molar-refractivity contribution in [1.29, 1.82) is 0 Å². The van der Waals surface area contributed by atoms with E-state index in [4.69, 9.17) is 5.73 Å². The molecule has 2 heterocycles. The third-order valence-electron chi connectivity index (χ3n) is 3.28. The summed E-state index contributed by atoms with van der Waals surface area (Å²) in [6, 6.07) is 2.93.